The van der Waals surface area contributed by atoms with Crippen LogP contribution >= 0.6 is 22.6 Å². The summed E-state index contributed by atoms with van der Waals surface area (Å²) in [6.07, 6.45) is 1.87. The van der Waals surface area contributed by atoms with E-state index in [1.54, 1.807) is 0 Å². The Balaban J connectivity index is 1.49. The molecule has 134 valence electrons. The quantitative estimate of drug-likeness (QED) is 0.209. The molecule has 0 fully saturated rings. The van der Waals surface area contributed by atoms with Gasteiger partial charge in [0.25, 0.3) is 0 Å². The van der Waals surface area contributed by atoms with Crippen LogP contribution in [0.1, 0.15) is 5.56 Å². The van der Waals surface area contributed by atoms with Crippen LogP contribution in [0.25, 0.3) is 33.3 Å². The van der Waals surface area contributed by atoms with Crippen molar-refractivity contribution in [1.82, 2.24) is 4.98 Å². The van der Waals surface area contributed by atoms with Crippen molar-refractivity contribution in [2.45, 2.75) is 0 Å². The number of nitrogens with zero attached hydrogens (tertiary/aromatic N) is 2. The van der Waals surface area contributed by atoms with Gasteiger partial charge in [0, 0.05) is 15.3 Å². The summed E-state index contributed by atoms with van der Waals surface area (Å²) in [5, 5.41) is 2.37. The molecule has 28 heavy (non-hydrogen) atoms. The Morgan fingerprint density at radius 3 is 2.61 bits per heavy atom. The molecule has 0 atom stereocenters. The van der Waals surface area contributed by atoms with Gasteiger partial charge in [-0.3, -0.25) is 4.99 Å². The Morgan fingerprint density at radius 2 is 1.71 bits per heavy atom. The molecular weight excluding hydrogens is 459 g/mol. The molecule has 0 radical (unpaired) electrons. The third-order valence-corrected chi connectivity index (χ3v) is 5.25. The van der Waals surface area contributed by atoms with E-state index in [0.29, 0.717) is 5.89 Å². The van der Waals surface area contributed by atoms with Crippen LogP contribution in [0, 0.1) is 3.57 Å². The summed E-state index contributed by atoms with van der Waals surface area (Å²) < 4.78 is 7.16. The van der Waals surface area contributed by atoms with Gasteiger partial charge < -0.3 is 4.42 Å². The fourth-order valence-corrected chi connectivity index (χ4v) is 3.75. The first kappa shape index (κ1) is 17.1. The first-order valence-electron chi connectivity index (χ1n) is 8.94. The van der Waals surface area contributed by atoms with Crippen LogP contribution in [-0.2, 0) is 0 Å². The van der Waals surface area contributed by atoms with Gasteiger partial charge in [-0.05, 0) is 81.4 Å². The first-order chi connectivity index (χ1) is 13.7. The molecule has 0 aliphatic carbocycles. The van der Waals surface area contributed by atoms with Crippen molar-refractivity contribution >= 4 is 56.4 Å². The third-order valence-electron chi connectivity index (χ3n) is 4.58. The van der Waals surface area contributed by atoms with Crippen LogP contribution in [0.4, 0.5) is 5.69 Å². The number of oxazole rings is 1. The largest absolute Gasteiger partial charge is 0.436 e. The summed E-state index contributed by atoms with van der Waals surface area (Å²) in [6.45, 7) is 0. The lowest BCUT2D eigenvalue weighted by molar-refractivity contribution is 0.620. The Bertz CT molecular complexity index is 1340. The second-order valence-corrected chi connectivity index (χ2v) is 7.79. The number of aliphatic imine (C=N–C) groups is 1. The minimum Gasteiger partial charge on any atom is -0.436 e. The van der Waals surface area contributed by atoms with Crippen LogP contribution in [-0.4, -0.2) is 11.2 Å². The Kier molecular flexibility index (Phi) is 4.41. The van der Waals surface area contributed by atoms with Crippen LogP contribution in [0.3, 0.4) is 0 Å². The maximum absolute atomic E-state index is 5.97. The van der Waals surface area contributed by atoms with Crippen molar-refractivity contribution in [3.05, 3.63) is 94.1 Å². The summed E-state index contributed by atoms with van der Waals surface area (Å²) in [7, 11) is 0. The summed E-state index contributed by atoms with van der Waals surface area (Å²) in [6, 6.07) is 28.6. The van der Waals surface area contributed by atoms with E-state index in [1.807, 2.05) is 54.7 Å². The van der Waals surface area contributed by atoms with Crippen molar-refractivity contribution in [1.29, 1.82) is 0 Å². The fourth-order valence-electron chi connectivity index (χ4n) is 3.18. The van der Waals surface area contributed by atoms with E-state index in [0.717, 1.165) is 27.9 Å². The molecule has 5 rings (SSSR count). The highest BCUT2D eigenvalue weighted by Crippen LogP contribution is 2.29. The zero-order valence-corrected chi connectivity index (χ0v) is 17.0. The highest BCUT2D eigenvalue weighted by Gasteiger charge is 2.09. The van der Waals surface area contributed by atoms with E-state index < -0.39 is 0 Å². The first-order valence-corrected chi connectivity index (χ1v) is 10.0. The molecule has 4 aromatic carbocycles. The zero-order chi connectivity index (χ0) is 18.9. The van der Waals surface area contributed by atoms with Gasteiger partial charge in [0.15, 0.2) is 5.58 Å². The van der Waals surface area contributed by atoms with E-state index in [1.165, 1.54) is 14.3 Å². The van der Waals surface area contributed by atoms with E-state index in [4.69, 9.17) is 4.42 Å². The maximum Gasteiger partial charge on any atom is 0.227 e. The monoisotopic (exact) mass is 474 g/mol. The Hall–Kier alpha value is -2.99. The average molecular weight is 474 g/mol. The molecule has 0 bridgehead atoms. The maximum atomic E-state index is 5.97. The highest BCUT2D eigenvalue weighted by atomic mass is 127. The fraction of sp³-hybridized carbons (Fsp3) is 0. The van der Waals surface area contributed by atoms with Crippen LogP contribution in [0.2, 0.25) is 0 Å². The molecule has 5 aromatic rings. The molecule has 0 saturated heterocycles. The second-order valence-electron chi connectivity index (χ2n) is 6.55. The van der Waals surface area contributed by atoms with Crippen molar-refractivity contribution in [3.8, 4) is 11.5 Å². The SMILES string of the molecule is Ic1cccc(C=Nc2ccc3oc(-c4ccc5ccccc5c4)nc3c2)c1. The van der Waals surface area contributed by atoms with E-state index in [-0.39, 0.29) is 0 Å². The Morgan fingerprint density at radius 1 is 0.821 bits per heavy atom. The summed E-state index contributed by atoms with van der Waals surface area (Å²) in [4.78, 5) is 9.26. The number of benzene rings is 4. The van der Waals surface area contributed by atoms with E-state index in [2.05, 4.69) is 69.0 Å². The summed E-state index contributed by atoms with van der Waals surface area (Å²) >= 11 is 2.30. The van der Waals surface area contributed by atoms with Crippen molar-refractivity contribution in [2.24, 2.45) is 4.99 Å². The molecule has 0 saturated carbocycles. The lowest BCUT2D eigenvalue weighted by Crippen LogP contribution is -1.81. The van der Waals surface area contributed by atoms with Gasteiger partial charge in [0.2, 0.25) is 5.89 Å². The van der Waals surface area contributed by atoms with Gasteiger partial charge in [-0.15, -0.1) is 0 Å². The lowest BCUT2D eigenvalue weighted by Gasteiger charge is -1.99. The molecule has 0 unspecified atom stereocenters. The number of hydrogen-bond donors (Lipinski definition) is 0. The molecule has 4 heteroatoms. The van der Waals surface area contributed by atoms with Gasteiger partial charge in [-0.2, -0.15) is 0 Å². The predicted octanol–water partition coefficient (Wildman–Crippen LogP) is 7.00. The second kappa shape index (κ2) is 7.20. The summed E-state index contributed by atoms with van der Waals surface area (Å²) in [5.41, 5.74) is 4.46. The molecule has 0 aliphatic heterocycles. The number of hydrogen-bond acceptors (Lipinski definition) is 3. The predicted molar refractivity (Wildman–Crippen MR) is 123 cm³/mol. The van der Waals surface area contributed by atoms with E-state index >= 15 is 0 Å². The normalized spacial score (nSPS) is 11.6. The topological polar surface area (TPSA) is 38.4 Å². The highest BCUT2D eigenvalue weighted by molar-refractivity contribution is 14.1. The van der Waals surface area contributed by atoms with Crippen molar-refractivity contribution in [3.63, 3.8) is 0 Å². The van der Waals surface area contributed by atoms with Crippen LogP contribution in [0.5, 0.6) is 0 Å². The minimum absolute atomic E-state index is 0.625. The molecule has 0 amide bonds. The van der Waals surface area contributed by atoms with E-state index in [9.17, 15) is 0 Å². The number of rotatable bonds is 3. The zero-order valence-electron chi connectivity index (χ0n) is 14.8. The van der Waals surface area contributed by atoms with Crippen molar-refractivity contribution < 1.29 is 4.42 Å². The number of aromatic nitrogens is 1. The molecular formula is C24H15IN2O. The minimum atomic E-state index is 0.625. The molecule has 0 aliphatic rings. The standard InChI is InChI=1S/C24H15IN2O/c25-20-7-3-4-16(12-20)15-26-21-10-11-23-22(14-21)27-24(28-23)19-9-8-17-5-1-2-6-18(17)13-19/h1-15H. The molecule has 1 aromatic heterocycles. The number of halogens is 1. The van der Waals surface area contributed by atoms with Gasteiger partial charge in [0.05, 0.1) is 5.69 Å². The van der Waals surface area contributed by atoms with Gasteiger partial charge in [-0.1, -0.05) is 42.5 Å². The molecule has 1 heterocycles. The Labute approximate surface area is 175 Å². The third kappa shape index (κ3) is 3.43. The lowest BCUT2D eigenvalue weighted by atomic mass is 10.1. The van der Waals surface area contributed by atoms with Gasteiger partial charge in [-0.25, -0.2) is 4.98 Å². The van der Waals surface area contributed by atoms with Gasteiger partial charge >= 0.3 is 0 Å². The molecule has 0 N–H and O–H groups in total. The van der Waals surface area contributed by atoms with Crippen LogP contribution in [0.15, 0.2) is 94.3 Å². The average Bonchev–Trinajstić information content (AvgIpc) is 3.15. The van der Waals surface area contributed by atoms with Crippen LogP contribution < -0.4 is 0 Å². The number of fused-ring (bicyclic) bond motifs is 2. The van der Waals surface area contributed by atoms with Crippen molar-refractivity contribution in [2.75, 3.05) is 0 Å². The molecule has 3 nitrogen and oxygen atoms in total. The summed E-state index contributed by atoms with van der Waals surface area (Å²) in [5.74, 6) is 0.625. The smallest absolute Gasteiger partial charge is 0.227 e. The molecule has 0 spiro atoms. The van der Waals surface area contributed by atoms with Gasteiger partial charge in [0.1, 0.15) is 5.52 Å².